The SMILES string of the molecule is COc1cc(NC(=O)[C@H]2CC[C@@H](n3c(=O)[nH]c4c(C(=O)NC(=O)CCN)cccc43)CC2)ccc1C. The molecule has 4 rings (SSSR count). The van der Waals surface area contributed by atoms with Crippen LogP contribution < -0.4 is 26.8 Å². The topological polar surface area (TPSA) is 148 Å². The number of benzene rings is 2. The van der Waals surface area contributed by atoms with Crippen LogP contribution in [0.3, 0.4) is 0 Å². The molecule has 190 valence electrons. The summed E-state index contributed by atoms with van der Waals surface area (Å²) in [7, 11) is 1.60. The van der Waals surface area contributed by atoms with Crippen LogP contribution in [-0.2, 0) is 9.59 Å². The Bertz CT molecular complexity index is 1350. The van der Waals surface area contributed by atoms with Crippen LogP contribution in [0.4, 0.5) is 5.69 Å². The minimum atomic E-state index is -0.583. The van der Waals surface area contributed by atoms with Crippen LogP contribution >= 0.6 is 0 Å². The zero-order valence-corrected chi connectivity index (χ0v) is 20.4. The first-order chi connectivity index (χ1) is 17.3. The van der Waals surface area contributed by atoms with E-state index in [2.05, 4.69) is 15.6 Å². The van der Waals surface area contributed by atoms with Gasteiger partial charge in [0, 0.05) is 36.7 Å². The van der Waals surface area contributed by atoms with Crippen LogP contribution in [0, 0.1) is 12.8 Å². The number of imidazole rings is 1. The lowest BCUT2D eigenvalue weighted by molar-refractivity contribution is -0.121. The lowest BCUT2D eigenvalue weighted by Crippen LogP contribution is -2.31. The van der Waals surface area contributed by atoms with Crippen LogP contribution in [0.15, 0.2) is 41.2 Å². The lowest BCUT2D eigenvalue weighted by atomic mass is 9.85. The Labute approximate surface area is 208 Å². The molecule has 1 heterocycles. The second-order valence-corrected chi connectivity index (χ2v) is 9.09. The van der Waals surface area contributed by atoms with E-state index in [1.54, 1.807) is 29.9 Å². The summed E-state index contributed by atoms with van der Waals surface area (Å²) in [5, 5.41) is 5.28. The molecule has 0 spiro atoms. The van der Waals surface area contributed by atoms with E-state index in [0.717, 1.165) is 5.56 Å². The molecule has 36 heavy (non-hydrogen) atoms. The summed E-state index contributed by atoms with van der Waals surface area (Å²) in [4.78, 5) is 52.9. The molecular formula is C26H31N5O5. The molecule has 2 aromatic carbocycles. The first kappa shape index (κ1) is 25.2. The van der Waals surface area contributed by atoms with Crippen molar-refractivity contribution in [2.45, 2.75) is 45.1 Å². The quantitative estimate of drug-likeness (QED) is 0.398. The number of aromatic nitrogens is 2. The van der Waals surface area contributed by atoms with Gasteiger partial charge in [0.1, 0.15) is 5.75 Å². The van der Waals surface area contributed by atoms with Crippen molar-refractivity contribution >= 4 is 34.4 Å². The fraction of sp³-hybridized carbons (Fsp3) is 0.385. The average molecular weight is 494 g/mol. The van der Waals surface area contributed by atoms with Crippen LogP contribution in [0.2, 0.25) is 0 Å². The number of nitrogens with two attached hydrogens (primary N) is 1. The molecule has 5 N–H and O–H groups in total. The number of aromatic amines is 1. The van der Waals surface area contributed by atoms with Crippen molar-refractivity contribution in [3.05, 3.63) is 58.0 Å². The van der Waals surface area contributed by atoms with Gasteiger partial charge in [-0.1, -0.05) is 12.1 Å². The lowest BCUT2D eigenvalue weighted by Gasteiger charge is -2.28. The Hall–Kier alpha value is -3.92. The van der Waals surface area contributed by atoms with E-state index in [-0.39, 0.29) is 42.1 Å². The molecule has 1 aromatic heterocycles. The van der Waals surface area contributed by atoms with Gasteiger partial charge < -0.3 is 20.8 Å². The molecule has 10 heteroatoms. The largest absolute Gasteiger partial charge is 0.496 e. The second kappa shape index (κ2) is 10.8. The van der Waals surface area contributed by atoms with Gasteiger partial charge in [-0.05, 0) is 56.4 Å². The smallest absolute Gasteiger partial charge is 0.326 e. The molecule has 0 radical (unpaired) electrons. The number of hydrogen-bond donors (Lipinski definition) is 4. The average Bonchev–Trinajstić information content (AvgIpc) is 3.21. The number of anilines is 1. The van der Waals surface area contributed by atoms with Crippen LogP contribution in [0.5, 0.6) is 5.75 Å². The van der Waals surface area contributed by atoms with Crippen molar-refractivity contribution in [1.29, 1.82) is 0 Å². The van der Waals surface area contributed by atoms with E-state index in [1.807, 2.05) is 25.1 Å². The van der Waals surface area contributed by atoms with Gasteiger partial charge >= 0.3 is 5.69 Å². The van der Waals surface area contributed by atoms with Gasteiger partial charge in [0.05, 0.1) is 23.7 Å². The van der Waals surface area contributed by atoms with Crippen molar-refractivity contribution in [1.82, 2.24) is 14.9 Å². The highest BCUT2D eigenvalue weighted by Crippen LogP contribution is 2.34. The maximum atomic E-state index is 12.9. The third-order valence-electron chi connectivity index (χ3n) is 6.73. The van der Waals surface area contributed by atoms with Gasteiger partial charge in [-0.3, -0.25) is 24.3 Å². The molecule has 1 aliphatic carbocycles. The number of hydrogen-bond acceptors (Lipinski definition) is 6. The number of carbonyl (C=O) groups is 3. The van der Waals surface area contributed by atoms with Gasteiger partial charge in [-0.25, -0.2) is 4.79 Å². The molecule has 1 aliphatic rings. The van der Waals surface area contributed by atoms with Crippen molar-refractivity contribution in [2.24, 2.45) is 11.7 Å². The van der Waals surface area contributed by atoms with Crippen LogP contribution in [0.1, 0.15) is 54.1 Å². The third-order valence-corrected chi connectivity index (χ3v) is 6.73. The van der Waals surface area contributed by atoms with Crippen molar-refractivity contribution in [3.63, 3.8) is 0 Å². The zero-order chi connectivity index (χ0) is 25.8. The number of rotatable bonds is 7. The summed E-state index contributed by atoms with van der Waals surface area (Å²) < 4.78 is 6.99. The fourth-order valence-corrected chi connectivity index (χ4v) is 4.83. The Morgan fingerprint density at radius 1 is 1.14 bits per heavy atom. The monoisotopic (exact) mass is 493 g/mol. The predicted molar refractivity (Wildman–Crippen MR) is 136 cm³/mol. The third kappa shape index (κ3) is 5.18. The summed E-state index contributed by atoms with van der Waals surface area (Å²) >= 11 is 0. The Morgan fingerprint density at radius 2 is 1.89 bits per heavy atom. The Morgan fingerprint density at radius 3 is 2.58 bits per heavy atom. The molecule has 0 bridgehead atoms. The standard InChI is InChI=1S/C26H31N5O5/c1-15-6-9-17(14-21(15)36-2)28-24(33)16-7-10-18(11-8-16)31-20-5-3-4-19(23(20)30-26(31)35)25(34)29-22(32)12-13-27/h3-6,9,14,16,18H,7-8,10-13,27H2,1-2H3,(H,28,33)(H,30,35)(H,29,32,34)/t16-,18+. The van der Waals surface area contributed by atoms with E-state index in [4.69, 9.17) is 10.5 Å². The number of imide groups is 1. The number of aryl methyl sites for hydroxylation is 1. The van der Waals surface area contributed by atoms with E-state index in [0.29, 0.717) is 48.2 Å². The van der Waals surface area contributed by atoms with Crippen LogP contribution in [-0.4, -0.2) is 40.9 Å². The molecule has 1 saturated carbocycles. The number of para-hydroxylation sites is 1. The highest BCUT2D eigenvalue weighted by molar-refractivity contribution is 6.11. The number of fused-ring (bicyclic) bond motifs is 1. The van der Waals surface area contributed by atoms with Crippen molar-refractivity contribution < 1.29 is 19.1 Å². The fourth-order valence-electron chi connectivity index (χ4n) is 4.83. The maximum Gasteiger partial charge on any atom is 0.326 e. The summed E-state index contributed by atoms with van der Waals surface area (Å²) in [6.45, 7) is 2.07. The molecular weight excluding hydrogens is 462 g/mol. The summed E-state index contributed by atoms with van der Waals surface area (Å²) in [6.07, 6.45) is 2.59. The van der Waals surface area contributed by atoms with E-state index >= 15 is 0 Å². The molecule has 0 unspecified atom stereocenters. The predicted octanol–water partition coefficient (Wildman–Crippen LogP) is 2.62. The second-order valence-electron chi connectivity index (χ2n) is 9.09. The molecule has 10 nitrogen and oxygen atoms in total. The molecule has 0 saturated heterocycles. The summed E-state index contributed by atoms with van der Waals surface area (Å²) in [5.41, 5.74) is 7.92. The molecule has 3 amide bonds. The normalized spacial score (nSPS) is 17.5. The number of carbonyl (C=O) groups excluding carboxylic acids is 3. The van der Waals surface area contributed by atoms with Gasteiger partial charge in [0.2, 0.25) is 11.8 Å². The Balaban J connectivity index is 1.46. The minimum Gasteiger partial charge on any atom is -0.496 e. The molecule has 3 aromatic rings. The number of H-pyrrole nitrogens is 1. The first-order valence-electron chi connectivity index (χ1n) is 12.0. The number of nitrogens with zero attached hydrogens (tertiary/aromatic N) is 1. The number of ether oxygens (including phenoxy) is 1. The minimum absolute atomic E-state index is 0.0352. The van der Waals surface area contributed by atoms with Gasteiger partial charge in [0.15, 0.2) is 0 Å². The number of methoxy groups -OCH3 is 1. The molecule has 0 atom stereocenters. The van der Waals surface area contributed by atoms with Crippen molar-refractivity contribution in [3.8, 4) is 5.75 Å². The summed E-state index contributed by atoms with van der Waals surface area (Å²) in [6, 6.07) is 10.5. The van der Waals surface area contributed by atoms with Gasteiger partial charge in [0.25, 0.3) is 5.91 Å². The van der Waals surface area contributed by atoms with E-state index < -0.39 is 11.8 Å². The van der Waals surface area contributed by atoms with Gasteiger partial charge in [-0.2, -0.15) is 0 Å². The molecule has 0 aliphatic heterocycles. The van der Waals surface area contributed by atoms with Gasteiger partial charge in [-0.15, -0.1) is 0 Å². The highest BCUT2D eigenvalue weighted by atomic mass is 16.5. The highest BCUT2D eigenvalue weighted by Gasteiger charge is 2.29. The first-order valence-corrected chi connectivity index (χ1v) is 12.0. The Kier molecular flexibility index (Phi) is 7.54. The maximum absolute atomic E-state index is 12.9. The molecule has 1 fully saturated rings. The zero-order valence-electron chi connectivity index (χ0n) is 20.4. The summed E-state index contributed by atoms with van der Waals surface area (Å²) in [5.74, 6) is -0.550. The number of amides is 3. The van der Waals surface area contributed by atoms with Crippen LogP contribution in [0.25, 0.3) is 11.0 Å². The number of nitrogens with one attached hydrogen (secondary N) is 3. The van der Waals surface area contributed by atoms with E-state index in [1.165, 1.54) is 0 Å². The van der Waals surface area contributed by atoms with Crippen molar-refractivity contribution in [2.75, 3.05) is 19.0 Å². The van der Waals surface area contributed by atoms with E-state index in [9.17, 15) is 19.2 Å².